The Labute approximate surface area is 242 Å². The molecule has 9 heteroatoms. The average Bonchev–Trinajstić information content (AvgIpc) is 3.36. The second kappa shape index (κ2) is 12.4. The zero-order valence-electron chi connectivity index (χ0n) is 22.3. The standard InChI is InChI=1S/C31H29ClN4O3S/c1-4-16-38-29(37)27-21(3)33-30-34-31(40-19-24-10-5-6-11-26(24)32)35-36(30)28(27)23-12-14-25(15-13-23)39-18-22-9-7-8-20(2)17-22/h4-15,17,28H,1,16,18-19H2,2-3H3,(H,33,34,35). The third-order valence-electron chi connectivity index (χ3n) is 6.38. The SMILES string of the molecule is C=CCOC(=O)C1=C(C)Nc2nc(SCc3ccccc3Cl)nn2C1c1ccc(OCc2cccc(C)c2)cc1. The van der Waals surface area contributed by atoms with E-state index < -0.39 is 12.0 Å². The van der Waals surface area contributed by atoms with Crippen LogP contribution in [0.15, 0.2) is 102 Å². The molecule has 0 amide bonds. The molecule has 3 aromatic carbocycles. The number of aromatic nitrogens is 3. The van der Waals surface area contributed by atoms with Crippen molar-refractivity contribution in [2.75, 3.05) is 11.9 Å². The van der Waals surface area contributed by atoms with Crippen molar-refractivity contribution in [2.24, 2.45) is 0 Å². The van der Waals surface area contributed by atoms with E-state index in [0.717, 1.165) is 22.4 Å². The lowest BCUT2D eigenvalue weighted by molar-refractivity contribution is -0.138. The summed E-state index contributed by atoms with van der Waals surface area (Å²) in [6.45, 7) is 8.13. The summed E-state index contributed by atoms with van der Waals surface area (Å²) in [7, 11) is 0. The van der Waals surface area contributed by atoms with Crippen molar-refractivity contribution in [3.63, 3.8) is 0 Å². The number of halogens is 1. The van der Waals surface area contributed by atoms with E-state index in [-0.39, 0.29) is 6.61 Å². The number of hydrogen-bond donors (Lipinski definition) is 1. The van der Waals surface area contributed by atoms with Gasteiger partial charge in [0.1, 0.15) is 25.0 Å². The highest BCUT2D eigenvalue weighted by molar-refractivity contribution is 7.98. The third-order valence-corrected chi connectivity index (χ3v) is 7.64. The molecule has 0 saturated heterocycles. The first-order valence-electron chi connectivity index (χ1n) is 12.8. The fourth-order valence-electron chi connectivity index (χ4n) is 4.45. The van der Waals surface area contributed by atoms with Crippen molar-refractivity contribution in [3.05, 3.63) is 124 Å². The van der Waals surface area contributed by atoms with Crippen LogP contribution < -0.4 is 10.1 Å². The molecule has 1 unspecified atom stereocenters. The van der Waals surface area contributed by atoms with Crippen molar-refractivity contribution in [1.29, 1.82) is 0 Å². The number of ether oxygens (including phenoxy) is 2. The molecular weight excluding hydrogens is 544 g/mol. The molecule has 0 aliphatic carbocycles. The highest BCUT2D eigenvalue weighted by Crippen LogP contribution is 2.38. The van der Waals surface area contributed by atoms with E-state index in [1.807, 2.05) is 67.6 Å². The zero-order valence-corrected chi connectivity index (χ0v) is 23.8. The van der Waals surface area contributed by atoms with Gasteiger partial charge in [-0.15, -0.1) is 5.10 Å². The van der Waals surface area contributed by atoms with Crippen LogP contribution in [0.4, 0.5) is 5.95 Å². The summed E-state index contributed by atoms with van der Waals surface area (Å²) in [5.74, 6) is 1.44. The fraction of sp³-hybridized carbons (Fsp3) is 0.194. The van der Waals surface area contributed by atoms with Crippen molar-refractivity contribution in [2.45, 2.75) is 37.4 Å². The number of esters is 1. The number of carbonyl (C=O) groups excluding carboxylic acids is 1. The molecule has 0 bridgehead atoms. The molecule has 1 N–H and O–H groups in total. The molecule has 1 atom stereocenters. The molecule has 0 spiro atoms. The Kier molecular flexibility index (Phi) is 8.57. The molecule has 1 aromatic heterocycles. The maximum Gasteiger partial charge on any atom is 0.338 e. The van der Waals surface area contributed by atoms with E-state index in [2.05, 4.69) is 31.0 Å². The number of hydrogen-bond acceptors (Lipinski definition) is 7. The lowest BCUT2D eigenvalue weighted by atomic mass is 9.96. The number of thioether (sulfide) groups is 1. The van der Waals surface area contributed by atoms with Gasteiger partial charge >= 0.3 is 5.97 Å². The van der Waals surface area contributed by atoms with Crippen molar-refractivity contribution in [3.8, 4) is 5.75 Å². The normalized spacial score (nSPS) is 14.3. The van der Waals surface area contributed by atoms with Gasteiger partial charge in [-0.3, -0.25) is 0 Å². The minimum Gasteiger partial charge on any atom is -0.489 e. The molecule has 1 aliphatic rings. The van der Waals surface area contributed by atoms with Crippen LogP contribution in [0.1, 0.15) is 35.2 Å². The van der Waals surface area contributed by atoms with Crippen molar-refractivity contribution in [1.82, 2.24) is 14.8 Å². The van der Waals surface area contributed by atoms with Crippen LogP contribution in [-0.4, -0.2) is 27.3 Å². The number of nitrogens with one attached hydrogen (secondary N) is 1. The smallest absolute Gasteiger partial charge is 0.338 e. The molecule has 0 radical (unpaired) electrons. The number of rotatable bonds is 10. The predicted octanol–water partition coefficient (Wildman–Crippen LogP) is 7.13. The first-order chi connectivity index (χ1) is 19.4. The minimum absolute atomic E-state index is 0.108. The van der Waals surface area contributed by atoms with Gasteiger partial charge < -0.3 is 14.8 Å². The number of fused-ring (bicyclic) bond motifs is 1. The molecule has 40 heavy (non-hydrogen) atoms. The molecule has 7 nitrogen and oxygen atoms in total. The topological polar surface area (TPSA) is 78.3 Å². The van der Waals surface area contributed by atoms with Gasteiger partial charge in [0.2, 0.25) is 11.1 Å². The summed E-state index contributed by atoms with van der Waals surface area (Å²) >= 11 is 7.81. The number of carbonyl (C=O) groups is 1. The van der Waals surface area contributed by atoms with Crippen LogP contribution in [0, 0.1) is 6.92 Å². The van der Waals surface area contributed by atoms with Crippen LogP contribution in [0.5, 0.6) is 5.75 Å². The summed E-state index contributed by atoms with van der Waals surface area (Å²) in [6.07, 6.45) is 1.55. The van der Waals surface area contributed by atoms with Gasteiger partial charge in [-0.05, 0) is 48.7 Å². The molecule has 0 fully saturated rings. The Morgan fingerprint density at radius 3 is 2.67 bits per heavy atom. The van der Waals surface area contributed by atoms with Gasteiger partial charge in [0.25, 0.3) is 0 Å². The van der Waals surface area contributed by atoms with Crippen LogP contribution in [0.25, 0.3) is 0 Å². The molecule has 2 heterocycles. The molecule has 204 valence electrons. The maximum atomic E-state index is 13.2. The highest BCUT2D eigenvalue weighted by atomic mass is 35.5. The van der Waals surface area contributed by atoms with Crippen LogP contribution >= 0.6 is 23.4 Å². The monoisotopic (exact) mass is 572 g/mol. The van der Waals surface area contributed by atoms with Crippen LogP contribution in [0.3, 0.4) is 0 Å². The Bertz CT molecular complexity index is 1570. The maximum absolute atomic E-state index is 13.2. The first kappa shape index (κ1) is 27.6. The van der Waals surface area contributed by atoms with Crippen molar-refractivity contribution >= 4 is 35.3 Å². The van der Waals surface area contributed by atoms with Gasteiger partial charge in [-0.1, -0.05) is 96.2 Å². The molecule has 5 rings (SSSR count). The number of aryl methyl sites for hydroxylation is 1. The number of nitrogens with zero attached hydrogens (tertiary/aromatic N) is 3. The lowest BCUT2D eigenvalue weighted by Crippen LogP contribution is -2.29. The van der Waals surface area contributed by atoms with E-state index >= 15 is 0 Å². The van der Waals surface area contributed by atoms with Crippen LogP contribution in [-0.2, 0) is 21.9 Å². The second-order valence-corrected chi connectivity index (χ2v) is 10.7. The van der Waals surface area contributed by atoms with E-state index in [4.69, 9.17) is 31.2 Å². The van der Waals surface area contributed by atoms with Gasteiger partial charge in [0, 0.05) is 16.5 Å². The summed E-state index contributed by atoms with van der Waals surface area (Å²) in [4.78, 5) is 17.9. The lowest BCUT2D eigenvalue weighted by Gasteiger charge is -2.28. The second-order valence-electron chi connectivity index (χ2n) is 9.34. The molecule has 1 aliphatic heterocycles. The van der Waals surface area contributed by atoms with Gasteiger partial charge in [0.15, 0.2) is 0 Å². The number of benzene rings is 3. The predicted molar refractivity (Wildman–Crippen MR) is 159 cm³/mol. The Hall–Kier alpha value is -4.01. The Morgan fingerprint density at radius 1 is 1.12 bits per heavy atom. The zero-order chi connectivity index (χ0) is 28.1. The molecule has 4 aromatic rings. The summed E-state index contributed by atoms with van der Waals surface area (Å²) < 4.78 is 13.2. The van der Waals surface area contributed by atoms with E-state index in [9.17, 15) is 4.79 Å². The molecule has 0 saturated carbocycles. The van der Waals surface area contributed by atoms with Gasteiger partial charge in [0.05, 0.1) is 5.57 Å². The summed E-state index contributed by atoms with van der Waals surface area (Å²) in [5.41, 5.74) is 5.24. The summed E-state index contributed by atoms with van der Waals surface area (Å²) in [6, 6.07) is 23.1. The fourth-order valence-corrected chi connectivity index (χ4v) is 5.56. The summed E-state index contributed by atoms with van der Waals surface area (Å²) in [5, 5.41) is 9.27. The average molecular weight is 573 g/mol. The Balaban J connectivity index is 1.42. The molecular formula is C31H29ClN4O3S. The van der Waals surface area contributed by atoms with Crippen molar-refractivity contribution < 1.29 is 14.3 Å². The first-order valence-corrected chi connectivity index (χ1v) is 14.2. The van der Waals surface area contributed by atoms with Gasteiger partial charge in [-0.2, -0.15) is 4.98 Å². The quantitative estimate of drug-likeness (QED) is 0.123. The van der Waals surface area contributed by atoms with Crippen LogP contribution in [0.2, 0.25) is 5.02 Å². The number of anilines is 1. The minimum atomic E-state index is -0.540. The van der Waals surface area contributed by atoms with E-state index in [1.165, 1.54) is 17.3 Å². The largest absolute Gasteiger partial charge is 0.489 e. The third kappa shape index (κ3) is 6.24. The highest BCUT2D eigenvalue weighted by Gasteiger charge is 2.35. The van der Waals surface area contributed by atoms with Gasteiger partial charge in [-0.25, -0.2) is 9.48 Å². The van der Waals surface area contributed by atoms with E-state index in [0.29, 0.717) is 39.8 Å². The number of allylic oxidation sites excluding steroid dienone is 1. The Morgan fingerprint density at radius 2 is 1.93 bits per heavy atom. The van der Waals surface area contributed by atoms with E-state index in [1.54, 1.807) is 10.8 Å².